The van der Waals surface area contributed by atoms with Gasteiger partial charge in [-0.05, 0) is 25.5 Å². The molecule has 0 fully saturated rings. The highest BCUT2D eigenvalue weighted by molar-refractivity contribution is 5.88. The molecule has 7 heteroatoms. The van der Waals surface area contributed by atoms with Crippen molar-refractivity contribution in [2.24, 2.45) is 0 Å². The Hall–Kier alpha value is -1.99. The van der Waals surface area contributed by atoms with E-state index in [1.165, 1.54) is 19.4 Å². The predicted molar refractivity (Wildman–Crippen MR) is 67.9 cm³/mol. The Morgan fingerprint density at radius 1 is 1.40 bits per heavy atom. The van der Waals surface area contributed by atoms with Crippen molar-refractivity contribution in [1.29, 1.82) is 0 Å². The zero-order valence-corrected chi connectivity index (χ0v) is 11.5. The van der Waals surface area contributed by atoms with Gasteiger partial charge >= 0.3 is 11.9 Å². The van der Waals surface area contributed by atoms with Gasteiger partial charge in [0.25, 0.3) is 0 Å². The van der Waals surface area contributed by atoms with Gasteiger partial charge < -0.3 is 19.7 Å². The number of hydrogen-bond donors (Lipinski definition) is 2. The van der Waals surface area contributed by atoms with Crippen LogP contribution in [0.1, 0.15) is 34.6 Å². The Bertz CT molecular complexity index is 502. The lowest BCUT2D eigenvalue weighted by molar-refractivity contribution is -0.159. The summed E-state index contributed by atoms with van der Waals surface area (Å²) in [6.45, 7) is 3.29. The fourth-order valence-electron chi connectivity index (χ4n) is 1.61. The van der Waals surface area contributed by atoms with E-state index < -0.39 is 24.1 Å². The second kappa shape index (κ2) is 6.97. The van der Waals surface area contributed by atoms with Crippen molar-refractivity contribution in [2.75, 3.05) is 13.7 Å². The predicted octanol–water partition coefficient (Wildman–Crippen LogP) is 0.134. The molecule has 2 N–H and O–H groups in total. The summed E-state index contributed by atoms with van der Waals surface area (Å²) < 4.78 is 9.16. The van der Waals surface area contributed by atoms with Crippen molar-refractivity contribution in [3.8, 4) is 0 Å². The van der Waals surface area contributed by atoms with Gasteiger partial charge in [0.15, 0.2) is 11.8 Å². The standard InChI is InChI=1S/C13H17NO6/c1-4-20-13(18)11(16)10(15)8-5-7(2)9(14-6-8)12(17)19-3/h5-6,10-11,15-16H,4H2,1-3H3. The molecule has 110 valence electrons. The molecule has 1 heterocycles. The number of pyridine rings is 1. The molecule has 2 atom stereocenters. The number of methoxy groups -OCH3 is 1. The molecular weight excluding hydrogens is 266 g/mol. The average Bonchev–Trinajstić information content (AvgIpc) is 2.45. The normalized spacial score (nSPS) is 13.4. The van der Waals surface area contributed by atoms with Crippen LogP contribution in [0, 0.1) is 6.92 Å². The summed E-state index contributed by atoms with van der Waals surface area (Å²) in [4.78, 5) is 26.6. The molecule has 0 aromatic carbocycles. The molecule has 1 aromatic rings. The molecule has 0 bridgehead atoms. The molecule has 0 aliphatic carbocycles. The Kier molecular flexibility index (Phi) is 5.60. The largest absolute Gasteiger partial charge is 0.464 e. The minimum Gasteiger partial charge on any atom is -0.464 e. The molecule has 0 amide bonds. The summed E-state index contributed by atoms with van der Waals surface area (Å²) in [7, 11) is 1.23. The van der Waals surface area contributed by atoms with Crippen LogP contribution in [0.25, 0.3) is 0 Å². The first-order valence-electron chi connectivity index (χ1n) is 6.00. The third kappa shape index (κ3) is 3.52. The average molecular weight is 283 g/mol. The quantitative estimate of drug-likeness (QED) is 0.740. The van der Waals surface area contributed by atoms with Crippen LogP contribution in [0.2, 0.25) is 0 Å². The Balaban J connectivity index is 2.95. The van der Waals surface area contributed by atoms with E-state index in [0.29, 0.717) is 5.56 Å². The highest BCUT2D eigenvalue weighted by Crippen LogP contribution is 2.19. The molecule has 0 aliphatic rings. The number of esters is 2. The summed E-state index contributed by atoms with van der Waals surface area (Å²) in [5.74, 6) is -1.52. The lowest BCUT2D eigenvalue weighted by atomic mass is 10.0. The van der Waals surface area contributed by atoms with E-state index in [9.17, 15) is 19.8 Å². The van der Waals surface area contributed by atoms with Gasteiger partial charge in [-0.2, -0.15) is 0 Å². The number of rotatable bonds is 5. The molecule has 0 spiro atoms. The number of aromatic nitrogens is 1. The minimum atomic E-state index is -1.71. The number of carbonyl (C=O) groups is 2. The third-order valence-corrected chi connectivity index (χ3v) is 2.65. The lowest BCUT2D eigenvalue weighted by Crippen LogP contribution is -2.30. The van der Waals surface area contributed by atoms with Gasteiger partial charge in [-0.15, -0.1) is 0 Å². The molecular formula is C13H17NO6. The number of hydrogen-bond acceptors (Lipinski definition) is 7. The van der Waals surface area contributed by atoms with Crippen LogP contribution in [0.15, 0.2) is 12.3 Å². The maximum absolute atomic E-state index is 11.4. The van der Waals surface area contributed by atoms with Crippen molar-refractivity contribution < 1.29 is 29.3 Å². The van der Waals surface area contributed by atoms with Crippen LogP contribution in [0.3, 0.4) is 0 Å². The summed E-state index contributed by atoms with van der Waals surface area (Å²) in [6.07, 6.45) is -1.99. The van der Waals surface area contributed by atoms with Crippen molar-refractivity contribution in [3.05, 3.63) is 29.1 Å². The fourth-order valence-corrected chi connectivity index (χ4v) is 1.61. The Labute approximate surface area is 116 Å². The van der Waals surface area contributed by atoms with Crippen LogP contribution in [-0.4, -0.2) is 47.0 Å². The van der Waals surface area contributed by atoms with Gasteiger partial charge in [-0.1, -0.05) is 0 Å². The van der Waals surface area contributed by atoms with E-state index in [-0.39, 0.29) is 17.9 Å². The molecule has 20 heavy (non-hydrogen) atoms. The first-order valence-corrected chi connectivity index (χ1v) is 6.00. The van der Waals surface area contributed by atoms with Gasteiger partial charge in [-0.3, -0.25) is 0 Å². The Morgan fingerprint density at radius 2 is 2.05 bits per heavy atom. The zero-order chi connectivity index (χ0) is 15.3. The molecule has 0 aliphatic heterocycles. The highest BCUT2D eigenvalue weighted by Gasteiger charge is 2.28. The lowest BCUT2D eigenvalue weighted by Gasteiger charge is -2.17. The van der Waals surface area contributed by atoms with Gasteiger partial charge in [0.2, 0.25) is 0 Å². The molecule has 2 unspecified atom stereocenters. The monoisotopic (exact) mass is 283 g/mol. The number of aryl methyl sites for hydroxylation is 1. The Morgan fingerprint density at radius 3 is 2.55 bits per heavy atom. The third-order valence-electron chi connectivity index (χ3n) is 2.65. The zero-order valence-electron chi connectivity index (χ0n) is 11.5. The molecule has 7 nitrogen and oxygen atoms in total. The topological polar surface area (TPSA) is 106 Å². The van der Waals surface area contributed by atoms with E-state index in [1.54, 1.807) is 13.8 Å². The number of ether oxygens (including phenoxy) is 2. The second-order valence-electron chi connectivity index (χ2n) is 4.07. The van der Waals surface area contributed by atoms with Crippen molar-refractivity contribution in [3.63, 3.8) is 0 Å². The van der Waals surface area contributed by atoms with E-state index >= 15 is 0 Å². The van der Waals surface area contributed by atoms with Crippen LogP contribution in [0.4, 0.5) is 0 Å². The van der Waals surface area contributed by atoms with Crippen LogP contribution < -0.4 is 0 Å². The fraction of sp³-hybridized carbons (Fsp3) is 0.462. The van der Waals surface area contributed by atoms with Gasteiger partial charge in [0, 0.05) is 11.8 Å². The van der Waals surface area contributed by atoms with E-state index in [1.807, 2.05) is 0 Å². The summed E-state index contributed by atoms with van der Waals surface area (Å²) in [5, 5.41) is 19.5. The molecule has 0 radical (unpaired) electrons. The highest BCUT2D eigenvalue weighted by atomic mass is 16.5. The molecule has 1 rings (SSSR count). The van der Waals surface area contributed by atoms with Crippen molar-refractivity contribution >= 4 is 11.9 Å². The first-order chi connectivity index (χ1) is 9.42. The summed E-state index contributed by atoms with van der Waals surface area (Å²) in [6, 6.07) is 1.45. The summed E-state index contributed by atoms with van der Waals surface area (Å²) >= 11 is 0. The van der Waals surface area contributed by atoms with Gasteiger partial charge in [0.05, 0.1) is 13.7 Å². The smallest absolute Gasteiger partial charge is 0.356 e. The van der Waals surface area contributed by atoms with Crippen LogP contribution >= 0.6 is 0 Å². The SMILES string of the molecule is CCOC(=O)C(O)C(O)c1cnc(C(=O)OC)c(C)c1. The molecule has 1 aromatic heterocycles. The number of nitrogens with zero attached hydrogens (tertiary/aromatic N) is 1. The maximum Gasteiger partial charge on any atom is 0.356 e. The molecule has 0 saturated heterocycles. The van der Waals surface area contributed by atoms with Crippen LogP contribution in [0.5, 0.6) is 0 Å². The second-order valence-corrected chi connectivity index (χ2v) is 4.07. The first kappa shape index (κ1) is 16.1. The van der Waals surface area contributed by atoms with E-state index in [4.69, 9.17) is 0 Å². The van der Waals surface area contributed by atoms with Crippen molar-refractivity contribution in [2.45, 2.75) is 26.1 Å². The minimum absolute atomic E-state index is 0.0984. The van der Waals surface area contributed by atoms with Crippen molar-refractivity contribution in [1.82, 2.24) is 4.98 Å². The number of carbonyl (C=O) groups excluding carboxylic acids is 2. The van der Waals surface area contributed by atoms with Gasteiger partial charge in [0.1, 0.15) is 6.10 Å². The number of aliphatic hydroxyl groups is 2. The number of aliphatic hydroxyl groups excluding tert-OH is 2. The van der Waals surface area contributed by atoms with Gasteiger partial charge in [-0.25, -0.2) is 14.6 Å². The van der Waals surface area contributed by atoms with E-state index in [2.05, 4.69) is 14.5 Å². The van der Waals surface area contributed by atoms with Crippen LogP contribution in [-0.2, 0) is 14.3 Å². The summed E-state index contributed by atoms with van der Waals surface area (Å²) in [5.41, 5.74) is 0.772. The van der Waals surface area contributed by atoms with E-state index in [0.717, 1.165) is 0 Å². The maximum atomic E-state index is 11.4. The molecule has 0 saturated carbocycles.